The number of nitro groups is 1. The molecule has 0 aromatic heterocycles. The monoisotopic (exact) mass is 242 g/mol. The summed E-state index contributed by atoms with van der Waals surface area (Å²) in [5.41, 5.74) is 0.204. The normalized spacial score (nSPS) is 16.9. The van der Waals surface area contributed by atoms with E-state index >= 15 is 0 Å². The molecule has 0 spiro atoms. The molecule has 5 nitrogen and oxygen atoms in total. The van der Waals surface area contributed by atoms with Crippen LogP contribution in [0.5, 0.6) is 0 Å². The first kappa shape index (κ1) is 11.2. The summed E-state index contributed by atoms with van der Waals surface area (Å²) >= 11 is 5.71. The van der Waals surface area contributed by atoms with E-state index in [-0.39, 0.29) is 16.4 Å². The number of hydrogen-bond acceptors (Lipinski definition) is 4. The molecule has 0 heterocycles. The summed E-state index contributed by atoms with van der Waals surface area (Å²) in [5, 5.41) is 13.9. The maximum Gasteiger partial charge on any atom is 0.289 e. The second-order valence-electron chi connectivity index (χ2n) is 3.75. The fourth-order valence-electron chi connectivity index (χ4n) is 1.49. The average Bonchev–Trinajstić information content (AvgIpc) is 3.01. The van der Waals surface area contributed by atoms with Crippen molar-refractivity contribution >= 4 is 23.0 Å². The van der Waals surface area contributed by atoms with Crippen LogP contribution in [-0.4, -0.2) is 17.8 Å². The van der Waals surface area contributed by atoms with Crippen molar-refractivity contribution in [2.75, 3.05) is 12.4 Å². The van der Waals surface area contributed by atoms with Crippen LogP contribution in [0, 0.1) is 10.1 Å². The Labute approximate surface area is 97.5 Å². The molecule has 0 saturated heterocycles. The summed E-state index contributed by atoms with van der Waals surface area (Å²) in [7, 11) is 1.62. The second kappa shape index (κ2) is 3.92. The zero-order chi connectivity index (χ0) is 11.8. The van der Waals surface area contributed by atoms with E-state index < -0.39 is 4.92 Å². The third-order valence-electron chi connectivity index (χ3n) is 2.61. The van der Waals surface area contributed by atoms with Crippen molar-refractivity contribution in [2.45, 2.75) is 18.6 Å². The van der Waals surface area contributed by atoms with Crippen LogP contribution >= 0.6 is 11.6 Å². The number of hydrogen-bond donors (Lipinski definition) is 1. The fraction of sp³-hybridized carbons (Fsp3) is 0.400. The maximum absolute atomic E-state index is 10.7. The van der Waals surface area contributed by atoms with E-state index in [0.717, 1.165) is 12.8 Å². The van der Waals surface area contributed by atoms with Gasteiger partial charge in [0.2, 0.25) is 0 Å². The Balaban J connectivity index is 2.23. The lowest BCUT2D eigenvalue weighted by molar-refractivity contribution is -0.384. The number of ether oxygens (including phenoxy) is 1. The zero-order valence-electron chi connectivity index (χ0n) is 8.70. The Morgan fingerprint density at radius 2 is 2.25 bits per heavy atom. The van der Waals surface area contributed by atoms with Gasteiger partial charge in [0.05, 0.1) is 4.92 Å². The smallest absolute Gasteiger partial charge is 0.289 e. The number of nitrogens with one attached hydrogen (secondary N) is 1. The molecule has 2 rings (SSSR count). The SMILES string of the molecule is COC1(Nc2ccc(Cl)c([N+](=O)[O-])c2)CC1. The Kier molecular flexibility index (Phi) is 2.73. The minimum atomic E-state index is -0.500. The van der Waals surface area contributed by atoms with Gasteiger partial charge in [0.15, 0.2) is 0 Å². The number of benzene rings is 1. The molecule has 1 aliphatic carbocycles. The number of halogens is 1. The van der Waals surface area contributed by atoms with Gasteiger partial charge in [0, 0.05) is 18.9 Å². The van der Waals surface area contributed by atoms with Crippen LogP contribution in [0.2, 0.25) is 5.02 Å². The fourth-order valence-corrected chi connectivity index (χ4v) is 1.67. The Bertz CT molecular complexity index is 432. The van der Waals surface area contributed by atoms with Crippen LogP contribution in [0.25, 0.3) is 0 Å². The van der Waals surface area contributed by atoms with E-state index in [1.807, 2.05) is 0 Å². The standard InChI is InChI=1S/C10H11ClN2O3/c1-16-10(4-5-10)12-7-2-3-8(11)9(6-7)13(14)15/h2-3,6,12H,4-5H2,1H3. The van der Waals surface area contributed by atoms with Crippen molar-refractivity contribution in [3.05, 3.63) is 33.3 Å². The van der Waals surface area contributed by atoms with Crippen molar-refractivity contribution < 1.29 is 9.66 Å². The molecule has 0 aliphatic heterocycles. The average molecular weight is 243 g/mol. The highest BCUT2D eigenvalue weighted by Crippen LogP contribution is 2.40. The Morgan fingerprint density at radius 3 is 2.75 bits per heavy atom. The van der Waals surface area contributed by atoms with Gasteiger partial charge in [-0.3, -0.25) is 10.1 Å². The minimum absolute atomic E-state index is 0.0985. The summed E-state index contributed by atoms with van der Waals surface area (Å²) in [6, 6.07) is 4.63. The van der Waals surface area contributed by atoms with E-state index in [0.29, 0.717) is 5.69 Å². The van der Waals surface area contributed by atoms with Crippen LogP contribution < -0.4 is 5.32 Å². The van der Waals surface area contributed by atoms with Gasteiger partial charge in [-0.25, -0.2) is 0 Å². The summed E-state index contributed by atoms with van der Waals surface area (Å²) in [6.45, 7) is 0. The van der Waals surface area contributed by atoms with E-state index in [1.54, 1.807) is 13.2 Å². The molecule has 1 aromatic rings. The molecule has 0 bridgehead atoms. The van der Waals surface area contributed by atoms with E-state index in [1.165, 1.54) is 12.1 Å². The molecule has 0 atom stereocenters. The topological polar surface area (TPSA) is 64.4 Å². The molecule has 0 unspecified atom stereocenters. The summed E-state index contributed by atoms with van der Waals surface area (Å²) in [6.07, 6.45) is 1.81. The summed E-state index contributed by atoms with van der Waals surface area (Å²) in [4.78, 5) is 10.2. The molecule has 1 aromatic carbocycles. The highest BCUT2D eigenvalue weighted by Gasteiger charge is 2.43. The summed E-state index contributed by atoms with van der Waals surface area (Å²) < 4.78 is 5.27. The van der Waals surface area contributed by atoms with Gasteiger partial charge < -0.3 is 10.1 Å². The van der Waals surface area contributed by atoms with Gasteiger partial charge in [-0.1, -0.05) is 11.6 Å². The highest BCUT2D eigenvalue weighted by molar-refractivity contribution is 6.32. The van der Waals surface area contributed by atoms with Gasteiger partial charge in [0.25, 0.3) is 5.69 Å². The van der Waals surface area contributed by atoms with E-state index in [9.17, 15) is 10.1 Å². The first-order valence-electron chi connectivity index (χ1n) is 4.84. The van der Waals surface area contributed by atoms with Crippen molar-refractivity contribution in [1.29, 1.82) is 0 Å². The lowest BCUT2D eigenvalue weighted by Gasteiger charge is -2.16. The quantitative estimate of drug-likeness (QED) is 0.501. The number of rotatable bonds is 4. The largest absolute Gasteiger partial charge is 0.359 e. The van der Waals surface area contributed by atoms with E-state index in [4.69, 9.17) is 16.3 Å². The van der Waals surface area contributed by atoms with Gasteiger partial charge in [-0.15, -0.1) is 0 Å². The molecule has 86 valence electrons. The Morgan fingerprint density at radius 1 is 1.56 bits per heavy atom. The van der Waals surface area contributed by atoms with Gasteiger partial charge >= 0.3 is 0 Å². The Hall–Kier alpha value is -1.33. The molecule has 1 N–H and O–H groups in total. The van der Waals surface area contributed by atoms with Gasteiger partial charge in [-0.2, -0.15) is 0 Å². The third-order valence-corrected chi connectivity index (χ3v) is 2.93. The molecule has 16 heavy (non-hydrogen) atoms. The van der Waals surface area contributed by atoms with E-state index in [2.05, 4.69) is 5.32 Å². The predicted molar refractivity (Wildman–Crippen MR) is 60.7 cm³/mol. The lowest BCUT2D eigenvalue weighted by Crippen LogP contribution is -2.23. The molecular weight excluding hydrogens is 232 g/mol. The summed E-state index contributed by atoms with van der Waals surface area (Å²) in [5.74, 6) is 0. The van der Waals surface area contributed by atoms with Crippen LogP contribution in [0.1, 0.15) is 12.8 Å². The lowest BCUT2D eigenvalue weighted by atomic mass is 10.2. The third kappa shape index (κ3) is 2.10. The second-order valence-corrected chi connectivity index (χ2v) is 4.15. The molecule has 0 radical (unpaired) electrons. The van der Waals surface area contributed by atoms with Crippen LogP contribution in [0.3, 0.4) is 0 Å². The molecule has 1 saturated carbocycles. The van der Waals surface area contributed by atoms with Crippen LogP contribution in [-0.2, 0) is 4.74 Å². The molecule has 1 aliphatic rings. The molecular formula is C10H11ClN2O3. The molecule has 6 heteroatoms. The van der Waals surface area contributed by atoms with Gasteiger partial charge in [0.1, 0.15) is 10.7 Å². The molecule has 0 amide bonds. The highest BCUT2D eigenvalue weighted by atomic mass is 35.5. The maximum atomic E-state index is 10.7. The molecule has 1 fully saturated rings. The van der Waals surface area contributed by atoms with Crippen molar-refractivity contribution in [3.8, 4) is 0 Å². The number of nitro benzene ring substituents is 1. The first-order chi connectivity index (χ1) is 7.56. The van der Waals surface area contributed by atoms with Crippen molar-refractivity contribution in [2.24, 2.45) is 0 Å². The van der Waals surface area contributed by atoms with Crippen LogP contribution in [0.15, 0.2) is 18.2 Å². The van der Waals surface area contributed by atoms with Crippen LogP contribution in [0.4, 0.5) is 11.4 Å². The van der Waals surface area contributed by atoms with Crippen molar-refractivity contribution in [1.82, 2.24) is 0 Å². The zero-order valence-corrected chi connectivity index (χ0v) is 9.45. The number of methoxy groups -OCH3 is 1. The number of anilines is 1. The number of nitrogens with zero attached hydrogens (tertiary/aromatic N) is 1. The van der Waals surface area contributed by atoms with Gasteiger partial charge in [-0.05, 0) is 25.0 Å². The predicted octanol–water partition coefficient (Wildman–Crippen LogP) is 2.80. The van der Waals surface area contributed by atoms with Crippen molar-refractivity contribution in [3.63, 3.8) is 0 Å². The first-order valence-corrected chi connectivity index (χ1v) is 5.21. The minimum Gasteiger partial charge on any atom is -0.359 e.